The lowest BCUT2D eigenvalue weighted by molar-refractivity contribution is -0.0593. The summed E-state index contributed by atoms with van der Waals surface area (Å²) in [4.78, 5) is 8.28. The summed E-state index contributed by atoms with van der Waals surface area (Å²) in [6.07, 6.45) is 7.06. The molecular formula is C26H28N4O3. The van der Waals surface area contributed by atoms with Crippen LogP contribution in [-0.4, -0.2) is 34.8 Å². The lowest BCUT2D eigenvalue weighted by Crippen LogP contribution is -2.33. The normalized spacial score (nSPS) is 20.8. The molecule has 1 unspecified atom stereocenters. The first-order valence-corrected chi connectivity index (χ1v) is 11.2. The third-order valence-electron chi connectivity index (χ3n) is 6.48. The van der Waals surface area contributed by atoms with Crippen molar-refractivity contribution in [2.75, 3.05) is 13.2 Å². The Balaban J connectivity index is 1.55. The Morgan fingerprint density at radius 3 is 2.55 bits per heavy atom. The number of amidine groups is 1. The minimum atomic E-state index is -0.292. The first kappa shape index (κ1) is 21.4. The van der Waals surface area contributed by atoms with Crippen LogP contribution in [-0.2, 0) is 9.47 Å². The molecule has 1 fully saturated rings. The van der Waals surface area contributed by atoms with E-state index in [4.69, 9.17) is 25.4 Å². The molecule has 3 heterocycles. The van der Waals surface area contributed by atoms with Crippen LogP contribution in [0.25, 0.3) is 11.1 Å². The van der Waals surface area contributed by atoms with Gasteiger partial charge in [0.15, 0.2) is 0 Å². The van der Waals surface area contributed by atoms with E-state index in [-0.39, 0.29) is 24.1 Å². The highest BCUT2D eigenvalue weighted by Crippen LogP contribution is 2.47. The number of hydrogen-bond donors (Lipinski definition) is 2. The zero-order valence-electron chi connectivity index (χ0n) is 18.9. The van der Waals surface area contributed by atoms with Crippen molar-refractivity contribution in [3.63, 3.8) is 0 Å². The van der Waals surface area contributed by atoms with Crippen LogP contribution in [0, 0.1) is 5.41 Å². The van der Waals surface area contributed by atoms with Gasteiger partial charge in [0, 0.05) is 35.7 Å². The molecule has 3 N–H and O–H groups in total. The number of nitrogens with two attached hydrogens (primary N) is 1. The largest absolute Gasteiger partial charge is 0.465 e. The van der Waals surface area contributed by atoms with Crippen LogP contribution in [0.3, 0.4) is 0 Å². The van der Waals surface area contributed by atoms with Crippen molar-refractivity contribution in [2.24, 2.45) is 5.73 Å². The van der Waals surface area contributed by atoms with Crippen molar-refractivity contribution in [3.05, 3.63) is 71.8 Å². The van der Waals surface area contributed by atoms with Gasteiger partial charge < -0.3 is 19.9 Å². The Bertz CT molecular complexity index is 1180. The number of ether oxygens (including phenoxy) is 3. The van der Waals surface area contributed by atoms with E-state index in [1.54, 1.807) is 12.4 Å². The van der Waals surface area contributed by atoms with Gasteiger partial charge in [0.2, 0.25) is 0 Å². The minimum absolute atomic E-state index is 0.120. The van der Waals surface area contributed by atoms with Crippen LogP contribution in [0.5, 0.6) is 11.5 Å². The maximum atomic E-state index is 7.60. The molecule has 170 valence electrons. The Morgan fingerprint density at radius 1 is 1.09 bits per heavy atom. The fraction of sp³-hybridized carbons (Fsp3) is 0.346. The molecule has 7 nitrogen and oxygen atoms in total. The van der Waals surface area contributed by atoms with Crippen LogP contribution in [0.4, 0.5) is 0 Å². The molecule has 2 aromatic carbocycles. The van der Waals surface area contributed by atoms with Crippen molar-refractivity contribution in [1.82, 2.24) is 9.97 Å². The highest BCUT2D eigenvalue weighted by Gasteiger charge is 2.33. The molecule has 0 amide bonds. The van der Waals surface area contributed by atoms with Gasteiger partial charge in [0.1, 0.15) is 24.4 Å². The number of hydrogen-bond acceptors (Lipinski definition) is 6. The lowest BCUT2D eigenvalue weighted by Gasteiger charge is -2.36. The predicted octanol–water partition coefficient (Wildman–Crippen LogP) is 4.96. The van der Waals surface area contributed by atoms with Gasteiger partial charge in [-0.1, -0.05) is 18.2 Å². The van der Waals surface area contributed by atoms with Crippen LogP contribution >= 0.6 is 0 Å². The highest BCUT2D eigenvalue weighted by molar-refractivity contribution is 5.69. The number of nitrogens with zero attached hydrogens (tertiary/aromatic N) is 2. The van der Waals surface area contributed by atoms with Gasteiger partial charge in [-0.2, -0.15) is 0 Å². The summed E-state index contributed by atoms with van der Waals surface area (Å²) in [5.41, 5.74) is 10.7. The summed E-state index contributed by atoms with van der Waals surface area (Å²) < 4.78 is 17.7. The minimum Gasteiger partial charge on any atom is -0.465 e. The van der Waals surface area contributed by atoms with Crippen molar-refractivity contribution in [1.29, 1.82) is 5.41 Å². The Labute approximate surface area is 193 Å². The molecule has 5 rings (SSSR count). The highest BCUT2D eigenvalue weighted by atomic mass is 16.5. The number of aromatic nitrogens is 2. The van der Waals surface area contributed by atoms with Crippen LogP contribution in [0.15, 0.2) is 55.1 Å². The number of fused-ring (bicyclic) bond motifs is 2. The van der Waals surface area contributed by atoms with E-state index in [9.17, 15) is 0 Å². The summed E-state index contributed by atoms with van der Waals surface area (Å²) in [7, 11) is 0. The molecule has 2 aliphatic rings. The molecule has 7 heteroatoms. The van der Waals surface area contributed by atoms with Gasteiger partial charge in [-0.25, -0.2) is 9.97 Å². The standard InChI is InChI=1S/C26H28N4O3/c1-26(2)11-18(7-8-32-26)16-3-5-23-20(9-16)22(14-31-25(27)28)21-10-17(4-6-24(21)33-23)19-12-29-15-30-13-19/h3-6,9-10,12-13,15,18,22H,7-8,11,14H2,1-2H3,(H3,27,28)/t18?,22-/m0/s1. The van der Waals surface area contributed by atoms with Crippen molar-refractivity contribution < 1.29 is 14.2 Å². The molecule has 2 atom stereocenters. The second-order valence-corrected chi connectivity index (χ2v) is 9.30. The van der Waals surface area contributed by atoms with E-state index in [1.165, 1.54) is 11.9 Å². The maximum Gasteiger partial charge on any atom is 0.279 e. The second-order valence-electron chi connectivity index (χ2n) is 9.30. The first-order chi connectivity index (χ1) is 15.9. The Morgan fingerprint density at radius 2 is 1.82 bits per heavy atom. The molecule has 2 aliphatic heterocycles. The molecule has 0 spiro atoms. The quantitative estimate of drug-likeness (QED) is 0.435. The molecule has 1 aromatic heterocycles. The lowest BCUT2D eigenvalue weighted by atomic mass is 9.80. The zero-order chi connectivity index (χ0) is 23.0. The van der Waals surface area contributed by atoms with Gasteiger partial charge >= 0.3 is 0 Å². The molecule has 1 saturated heterocycles. The number of nitrogens with one attached hydrogen (secondary N) is 1. The van der Waals surface area contributed by atoms with E-state index in [1.807, 2.05) is 12.1 Å². The van der Waals surface area contributed by atoms with Crippen LogP contribution in [0.1, 0.15) is 55.2 Å². The molecule has 0 radical (unpaired) electrons. The summed E-state index contributed by atoms with van der Waals surface area (Å²) >= 11 is 0. The van der Waals surface area contributed by atoms with Crippen molar-refractivity contribution in [3.8, 4) is 22.6 Å². The van der Waals surface area contributed by atoms with E-state index in [0.29, 0.717) is 5.92 Å². The zero-order valence-corrected chi connectivity index (χ0v) is 18.9. The van der Waals surface area contributed by atoms with Gasteiger partial charge in [-0.15, -0.1) is 0 Å². The van der Waals surface area contributed by atoms with Crippen molar-refractivity contribution in [2.45, 2.75) is 44.1 Å². The van der Waals surface area contributed by atoms with Gasteiger partial charge in [0.25, 0.3) is 6.02 Å². The third kappa shape index (κ3) is 4.41. The van der Waals surface area contributed by atoms with Gasteiger partial charge in [0.05, 0.1) is 11.5 Å². The molecule has 0 bridgehead atoms. The smallest absolute Gasteiger partial charge is 0.279 e. The SMILES string of the molecule is CC1(C)CC(c2ccc3c(c2)[C@H](COC(=N)N)c2cc(-c4cncnc4)ccc2O3)CCO1. The molecule has 0 aliphatic carbocycles. The molecular weight excluding hydrogens is 416 g/mol. The van der Waals surface area contributed by atoms with Gasteiger partial charge in [-0.3, -0.25) is 5.41 Å². The summed E-state index contributed by atoms with van der Waals surface area (Å²) in [5, 5.41) is 7.60. The maximum absolute atomic E-state index is 7.60. The summed E-state index contributed by atoms with van der Waals surface area (Å²) in [6, 6.07) is 12.2. The molecule has 0 saturated carbocycles. The summed E-state index contributed by atoms with van der Waals surface area (Å²) in [5.74, 6) is 1.89. The van der Waals surface area contributed by atoms with E-state index < -0.39 is 0 Å². The molecule has 33 heavy (non-hydrogen) atoms. The fourth-order valence-electron chi connectivity index (χ4n) is 4.88. The number of benzene rings is 2. The first-order valence-electron chi connectivity index (χ1n) is 11.2. The Hall–Kier alpha value is -3.45. The second kappa shape index (κ2) is 8.48. The van der Waals surface area contributed by atoms with Crippen molar-refractivity contribution >= 4 is 6.02 Å². The fourth-order valence-corrected chi connectivity index (χ4v) is 4.88. The third-order valence-corrected chi connectivity index (χ3v) is 6.48. The van der Waals surface area contributed by atoms with Crippen LogP contribution in [0.2, 0.25) is 0 Å². The van der Waals surface area contributed by atoms with E-state index >= 15 is 0 Å². The van der Waals surface area contributed by atoms with E-state index in [0.717, 1.165) is 53.2 Å². The van der Waals surface area contributed by atoms with Crippen LogP contribution < -0.4 is 10.5 Å². The molecule has 3 aromatic rings. The monoisotopic (exact) mass is 444 g/mol. The Kier molecular flexibility index (Phi) is 5.50. The predicted molar refractivity (Wildman–Crippen MR) is 126 cm³/mol. The average Bonchev–Trinajstić information content (AvgIpc) is 2.81. The topological polar surface area (TPSA) is 103 Å². The number of rotatable bonds is 4. The average molecular weight is 445 g/mol. The van der Waals surface area contributed by atoms with E-state index in [2.05, 4.69) is 48.1 Å². The van der Waals surface area contributed by atoms with Gasteiger partial charge in [-0.05, 0) is 61.9 Å². The summed E-state index contributed by atoms with van der Waals surface area (Å²) in [6.45, 7) is 5.31.